The van der Waals surface area contributed by atoms with E-state index in [1.165, 1.54) is 0 Å². The summed E-state index contributed by atoms with van der Waals surface area (Å²) < 4.78 is 0. The van der Waals surface area contributed by atoms with Crippen LogP contribution in [0.1, 0.15) is 20.8 Å². The number of carbonyl (C=O) groups is 2. The highest BCUT2D eigenvalue weighted by Gasteiger charge is 2.42. The minimum absolute atomic E-state index is 0.128. The molecule has 3 rings (SSSR count). The highest BCUT2D eigenvalue weighted by molar-refractivity contribution is 6.12. The second kappa shape index (κ2) is 6.00. The highest BCUT2D eigenvalue weighted by Crippen LogP contribution is 2.36. The quantitative estimate of drug-likeness (QED) is 0.911. The van der Waals surface area contributed by atoms with Crippen LogP contribution in [0.25, 0.3) is 0 Å². The molecular weight excluding hydrogens is 302 g/mol. The normalized spacial score (nSPS) is 16.8. The van der Waals surface area contributed by atoms with Crippen molar-refractivity contribution in [2.75, 3.05) is 15.5 Å². The van der Waals surface area contributed by atoms with Gasteiger partial charge in [0, 0.05) is 5.69 Å². The van der Waals surface area contributed by atoms with Gasteiger partial charge in [0.05, 0.1) is 11.4 Å². The molecular formula is C19H21N3O2. The molecule has 2 N–H and O–H groups in total. The first-order valence-electron chi connectivity index (χ1n) is 7.97. The Labute approximate surface area is 141 Å². The molecule has 0 fully saturated rings. The maximum atomic E-state index is 12.9. The Morgan fingerprint density at radius 3 is 2.42 bits per heavy atom. The molecule has 0 saturated heterocycles. The van der Waals surface area contributed by atoms with Crippen LogP contribution in [0.3, 0.4) is 0 Å². The first kappa shape index (κ1) is 16.1. The minimum atomic E-state index is -0.768. The van der Waals surface area contributed by atoms with E-state index >= 15 is 0 Å². The van der Waals surface area contributed by atoms with Gasteiger partial charge in [-0.25, -0.2) is 0 Å². The topological polar surface area (TPSA) is 61.4 Å². The van der Waals surface area contributed by atoms with Crippen LogP contribution >= 0.6 is 0 Å². The van der Waals surface area contributed by atoms with E-state index in [4.69, 9.17) is 0 Å². The molecule has 1 unspecified atom stereocenters. The molecule has 1 atom stereocenters. The Morgan fingerprint density at radius 2 is 1.71 bits per heavy atom. The predicted octanol–water partition coefficient (Wildman–Crippen LogP) is 3.25. The summed E-state index contributed by atoms with van der Waals surface area (Å²) in [5, 5.41) is 6.10. The van der Waals surface area contributed by atoms with Crippen LogP contribution in [0, 0.1) is 0 Å². The summed E-state index contributed by atoms with van der Waals surface area (Å²) in [6.07, 6.45) is 0. The van der Waals surface area contributed by atoms with Gasteiger partial charge in [-0.05, 0) is 45.0 Å². The predicted molar refractivity (Wildman–Crippen MR) is 96.2 cm³/mol. The average Bonchev–Trinajstić information content (AvgIpc) is 2.56. The zero-order valence-corrected chi connectivity index (χ0v) is 14.0. The number of amides is 2. The molecule has 0 radical (unpaired) electrons. The molecule has 5 nitrogen and oxygen atoms in total. The molecule has 1 heterocycles. The zero-order chi connectivity index (χ0) is 17.3. The molecule has 0 aliphatic carbocycles. The van der Waals surface area contributed by atoms with Crippen LogP contribution in [-0.2, 0) is 9.59 Å². The molecule has 1 aliphatic heterocycles. The van der Waals surface area contributed by atoms with Crippen molar-refractivity contribution in [3.63, 3.8) is 0 Å². The second-order valence-corrected chi connectivity index (χ2v) is 6.47. The number of benzene rings is 2. The van der Waals surface area contributed by atoms with Crippen molar-refractivity contribution in [1.82, 2.24) is 0 Å². The second-order valence-electron chi connectivity index (χ2n) is 6.47. The number of anilines is 3. The zero-order valence-electron chi connectivity index (χ0n) is 14.0. The third-order valence-corrected chi connectivity index (χ3v) is 4.17. The molecule has 0 saturated carbocycles. The van der Waals surface area contributed by atoms with Crippen LogP contribution < -0.4 is 15.5 Å². The van der Waals surface area contributed by atoms with Gasteiger partial charge in [0.25, 0.3) is 5.91 Å². The van der Waals surface area contributed by atoms with E-state index in [-0.39, 0.29) is 11.8 Å². The van der Waals surface area contributed by atoms with Gasteiger partial charge in [-0.2, -0.15) is 0 Å². The number of hydrogen-bond acceptors (Lipinski definition) is 3. The monoisotopic (exact) mass is 323 g/mol. The molecule has 1 aliphatic rings. The van der Waals surface area contributed by atoms with Crippen LogP contribution in [0.2, 0.25) is 0 Å². The first-order chi connectivity index (χ1) is 11.4. The van der Waals surface area contributed by atoms with Crippen molar-refractivity contribution in [2.45, 2.75) is 32.4 Å². The van der Waals surface area contributed by atoms with Crippen LogP contribution in [0.5, 0.6) is 0 Å². The molecule has 2 aromatic rings. The lowest BCUT2D eigenvalue weighted by Gasteiger charge is -2.42. The molecule has 0 bridgehead atoms. The van der Waals surface area contributed by atoms with Gasteiger partial charge in [-0.1, -0.05) is 30.3 Å². The Balaban J connectivity index is 1.91. The summed E-state index contributed by atoms with van der Waals surface area (Å²) in [7, 11) is 0. The minimum Gasteiger partial charge on any atom is -0.370 e. The summed E-state index contributed by atoms with van der Waals surface area (Å²) in [5.41, 5.74) is 1.51. The highest BCUT2D eigenvalue weighted by atomic mass is 16.2. The van der Waals surface area contributed by atoms with Crippen molar-refractivity contribution in [3.05, 3.63) is 54.6 Å². The number of carbonyl (C=O) groups excluding carboxylic acids is 2. The van der Waals surface area contributed by atoms with E-state index in [1.807, 2.05) is 68.4 Å². The Bertz CT molecular complexity index is 771. The third-order valence-electron chi connectivity index (χ3n) is 4.17. The fourth-order valence-electron chi connectivity index (χ4n) is 2.86. The number of hydrogen-bond donors (Lipinski definition) is 2. The van der Waals surface area contributed by atoms with E-state index in [0.29, 0.717) is 5.69 Å². The van der Waals surface area contributed by atoms with Gasteiger partial charge >= 0.3 is 0 Å². The number of nitrogens with zero attached hydrogens (tertiary/aromatic N) is 1. The number of para-hydroxylation sites is 3. The van der Waals surface area contributed by atoms with Crippen molar-refractivity contribution >= 4 is 28.9 Å². The lowest BCUT2D eigenvalue weighted by Crippen LogP contribution is -2.58. The van der Waals surface area contributed by atoms with Crippen molar-refractivity contribution in [3.8, 4) is 0 Å². The Hall–Kier alpha value is -2.82. The van der Waals surface area contributed by atoms with Crippen LogP contribution in [0.15, 0.2) is 54.6 Å². The van der Waals surface area contributed by atoms with Gasteiger partial charge in [0.1, 0.15) is 11.6 Å². The third kappa shape index (κ3) is 2.85. The fraction of sp³-hybridized carbons (Fsp3) is 0.263. The van der Waals surface area contributed by atoms with E-state index in [9.17, 15) is 9.59 Å². The Kier molecular flexibility index (Phi) is 4.01. The summed E-state index contributed by atoms with van der Waals surface area (Å²) in [6, 6.07) is 16.1. The van der Waals surface area contributed by atoms with E-state index in [0.717, 1.165) is 11.4 Å². The van der Waals surface area contributed by atoms with E-state index in [1.54, 1.807) is 11.8 Å². The van der Waals surface area contributed by atoms with E-state index in [2.05, 4.69) is 10.6 Å². The largest absolute Gasteiger partial charge is 0.370 e. The number of nitrogens with one attached hydrogen (secondary N) is 2. The summed E-state index contributed by atoms with van der Waals surface area (Å²) >= 11 is 0. The molecule has 2 aromatic carbocycles. The van der Waals surface area contributed by atoms with Gasteiger partial charge in [0.15, 0.2) is 0 Å². The van der Waals surface area contributed by atoms with Gasteiger partial charge in [-0.3, -0.25) is 14.5 Å². The lowest BCUT2D eigenvalue weighted by molar-refractivity contribution is -0.125. The van der Waals surface area contributed by atoms with Crippen LogP contribution in [-0.4, -0.2) is 23.4 Å². The molecule has 124 valence electrons. The Morgan fingerprint density at radius 1 is 1.08 bits per heavy atom. The van der Waals surface area contributed by atoms with E-state index < -0.39 is 11.6 Å². The molecule has 0 aromatic heterocycles. The fourth-order valence-corrected chi connectivity index (χ4v) is 2.86. The van der Waals surface area contributed by atoms with Crippen molar-refractivity contribution in [2.24, 2.45) is 0 Å². The van der Waals surface area contributed by atoms with Gasteiger partial charge < -0.3 is 10.6 Å². The summed E-state index contributed by atoms with van der Waals surface area (Å²) in [4.78, 5) is 27.1. The maximum Gasteiger partial charge on any atom is 0.252 e. The SMILES string of the molecule is CC(C(=O)Nc1ccccc1)N1C(=O)C(C)(C)Nc2ccccc21. The maximum absolute atomic E-state index is 12.9. The molecule has 0 spiro atoms. The van der Waals surface area contributed by atoms with Crippen molar-refractivity contribution < 1.29 is 9.59 Å². The van der Waals surface area contributed by atoms with Gasteiger partial charge in [-0.15, -0.1) is 0 Å². The molecule has 5 heteroatoms. The van der Waals surface area contributed by atoms with Crippen molar-refractivity contribution in [1.29, 1.82) is 0 Å². The summed E-state index contributed by atoms with van der Waals surface area (Å²) in [5.74, 6) is -0.348. The smallest absolute Gasteiger partial charge is 0.252 e. The summed E-state index contributed by atoms with van der Waals surface area (Å²) in [6.45, 7) is 5.38. The van der Waals surface area contributed by atoms with Gasteiger partial charge in [0.2, 0.25) is 5.91 Å². The number of fused-ring (bicyclic) bond motifs is 1. The first-order valence-corrected chi connectivity index (χ1v) is 7.97. The lowest BCUT2D eigenvalue weighted by atomic mass is 9.96. The van der Waals surface area contributed by atoms with Crippen LogP contribution in [0.4, 0.5) is 17.1 Å². The standard InChI is InChI=1S/C19H21N3O2/c1-13(17(23)20-14-9-5-4-6-10-14)22-16-12-8-7-11-15(16)21-19(2,3)18(22)24/h4-13,21H,1-3H3,(H,20,23). The number of rotatable bonds is 3. The molecule has 2 amide bonds. The average molecular weight is 323 g/mol. The molecule has 24 heavy (non-hydrogen) atoms.